The number of H-pyrrole nitrogens is 1. The Morgan fingerprint density at radius 3 is 2.88 bits per heavy atom. The minimum absolute atomic E-state index is 0.269. The lowest BCUT2D eigenvalue weighted by atomic mass is 10.2. The number of benzene rings is 1. The predicted molar refractivity (Wildman–Crippen MR) is 61.2 cm³/mol. The summed E-state index contributed by atoms with van der Waals surface area (Å²) in [4.78, 5) is 4.00. The standard InChI is InChI=1S/C11H14N4O/c1-8-4-2-3-5-9(8)16-7-6-10-13-11(12)15-14-10/h2-5H,6-7H2,1H3,(H3,12,13,14,15). The van der Waals surface area contributed by atoms with Gasteiger partial charge in [0.15, 0.2) is 0 Å². The van der Waals surface area contributed by atoms with Gasteiger partial charge in [0.05, 0.1) is 6.61 Å². The van der Waals surface area contributed by atoms with Gasteiger partial charge < -0.3 is 10.5 Å². The number of anilines is 1. The summed E-state index contributed by atoms with van der Waals surface area (Å²) in [7, 11) is 0. The molecule has 16 heavy (non-hydrogen) atoms. The van der Waals surface area contributed by atoms with Crippen LogP contribution in [0.4, 0.5) is 5.95 Å². The minimum atomic E-state index is 0.269. The molecule has 0 amide bonds. The monoisotopic (exact) mass is 218 g/mol. The predicted octanol–water partition coefficient (Wildman–Crippen LogP) is 1.32. The number of hydrogen-bond donors (Lipinski definition) is 2. The lowest BCUT2D eigenvalue weighted by molar-refractivity contribution is 0.317. The fourth-order valence-corrected chi connectivity index (χ4v) is 1.40. The zero-order chi connectivity index (χ0) is 11.4. The van der Waals surface area contributed by atoms with Crippen molar-refractivity contribution < 1.29 is 4.74 Å². The number of para-hydroxylation sites is 1. The summed E-state index contributed by atoms with van der Waals surface area (Å²) in [5.74, 6) is 1.91. The van der Waals surface area contributed by atoms with Crippen molar-refractivity contribution in [2.24, 2.45) is 0 Å². The van der Waals surface area contributed by atoms with E-state index in [1.165, 1.54) is 0 Å². The number of ether oxygens (including phenoxy) is 1. The van der Waals surface area contributed by atoms with Crippen LogP contribution in [-0.4, -0.2) is 21.8 Å². The molecule has 0 aliphatic carbocycles. The lowest BCUT2D eigenvalue weighted by Crippen LogP contribution is -2.03. The third-order valence-electron chi connectivity index (χ3n) is 2.24. The van der Waals surface area contributed by atoms with E-state index in [1.54, 1.807) is 0 Å². The Kier molecular flexibility index (Phi) is 3.05. The van der Waals surface area contributed by atoms with Gasteiger partial charge in [-0.2, -0.15) is 4.98 Å². The number of aromatic amines is 1. The third kappa shape index (κ3) is 2.50. The second kappa shape index (κ2) is 4.65. The Labute approximate surface area is 93.7 Å². The molecule has 1 heterocycles. The molecule has 0 fully saturated rings. The number of nitrogens with two attached hydrogens (primary N) is 1. The third-order valence-corrected chi connectivity index (χ3v) is 2.24. The van der Waals surface area contributed by atoms with Crippen molar-refractivity contribution >= 4 is 5.95 Å². The molecule has 0 unspecified atom stereocenters. The van der Waals surface area contributed by atoms with E-state index in [-0.39, 0.29) is 5.95 Å². The molecule has 5 nitrogen and oxygen atoms in total. The van der Waals surface area contributed by atoms with Crippen LogP contribution in [0.2, 0.25) is 0 Å². The van der Waals surface area contributed by atoms with Gasteiger partial charge in [-0.15, -0.1) is 5.10 Å². The average molecular weight is 218 g/mol. The fraction of sp³-hybridized carbons (Fsp3) is 0.273. The van der Waals surface area contributed by atoms with Gasteiger partial charge in [-0.3, -0.25) is 5.10 Å². The van der Waals surface area contributed by atoms with Crippen LogP contribution in [0.5, 0.6) is 5.75 Å². The molecular formula is C11H14N4O. The zero-order valence-electron chi connectivity index (χ0n) is 9.10. The van der Waals surface area contributed by atoms with E-state index in [0.717, 1.165) is 17.1 Å². The van der Waals surface area contributed by atoms with Gasteiger partial charge in [-0.1, -0.05) is 18.2 Å². The maximum absolute atomic E-state index is 5.62. The smallest absolute Gasteiger partial charge is 0.239 e. The van der Waals surface area contributed by atoms with Gasteiger partial charge in [0.2, 0.25) is 5.95 Å². The van der Waals surface area contributed by atoms with Crippen LogP contribution in [0.25, 0.3) is 0 Å². The van der Waals surface area contributed by atoms with E-state index in [4.69, 9.17) is 10.5 Å². The summed E-state index contributed by atoms with van der Waals surface area (Å²) in [6, 6.07) is 7.90. The summed E-state index contributed by atoms with van der Waals surface area (Å²) in [6.07, 6.45) is 0.665. The molecular weight excluding hydrogens is 204 g/mol. The number of aryl methyl sites for hydroxylation is 1. The Morgan fingerprint density at radius 2 is 2.19 bits per heavy atom. The molecule has 5 heteroatoms. The Bertz CT molecular complexity index is 467. The molecule has 0 spiro atoms. The topological polar surface area (TPSA) is 76.8 Å². The van der Waals surface area contributed by atoms with Crippen LogP contribution in [0.15, 0.2) is 24.3 Å². The van der Waals surface area contributed by atoms with Gasteiger partial charge in [-0.25, -0.2) is 0 Å². The van der Waals surface area contributed by atoms with Crippen molar-refractivity contribution in [2.75, 3.05) is 12.3 Å². The summed E-state index contributed by atoms with van der Waals surface area (Å²) < 4.78 is 5.62. The molecule has 2 aromatic rings. The fourth-order valence-electron chi connectivity index (χ4n) is 1.40. The summed E-state index contributed by atoms with van der Waals surface area (Å²) >= 11 is 0. The molecule has 0 aliphatic rings. The highest BCUT2D eigenvalue weighted by atomic mass is 16.5. The SMILES string of the molecule is Cc1ccccc1OCCc1nc(N)n[nH]1. The number of hydrogen-bond acceptors (Lipinski definition) is 4. The van der Waals surface area contributed by atoms with E-state index in [2.05, 4.69) is 15.2 Å². The first-order chi connectivity index (χ1) is 7.75. The molecule has 0 saturated heterocycles. The largest absolute Gasteiger partial charge is 0.493 e. The second-order valence-electron chi connectivity index (χ2n) is 3.50. The second-order valence-corrected chi connectivity index (χ2v) is 3.50. The van der Waals surface area contributed by atoms with E-state index in [1.807, 2.05) is 31.2 Å². The maximum atomic E-state index is 5.62. The van der Waals surface area contributed by atoms with Crippen molar-refractivity contribution in [1.82, 2.24) is 15.2 Å². The number of nitrogens with one attached hydrogen (secondary N) is 1. The van der Waals surface area contributed by atoms with Crippen molar-refractivity contribution in [3.05, 3.63) is 35.7 Å². The van der Waals surface area contributed by atoms with E-state index >= 15 is 0 Å². The first-order valence-corrected chi connectivity index (χ1v) is 5.11. The van der Waals surface area contributed by atoms with Gasteiger partial charge in [0.1, 0.15) is 11.6 Å². The number of aromatic nitrogens is 3. The Balaban J connectivity index is 1.87. The van der Waals surface area contributed by atoms with Gasteiger partial charge in [-0.05, 0) is 18.6 Å². The zero-order valence-corrected chi connectivity index (χ0v) is 9.10. The number of nitrogens with zero attached hydrogens (tertiary/aromatic N) is 2. The highest BCUT2D eigenvalue weighted by Crippen LogP contribution is 2.16. The summed E-state index contributed by atoms with van der Waals surface area (Å²) in [5.41, 5.74) is 6.52. The lowest BCUT2D eigenvalue weighted by Gasteiger charge is -2.07. The molecule has 0 aliphatic heterocycles. The molecule has 0 atom stereocenters. The van der Waals surface area contributed by atoms with E-state index < -0.39 is 0 Å². The van der Waals surface area contributed by atoms with Crippen molar-refractivity contribution in [2.45, 2.75) is 13.3 Å². The van der Waals surface area contributed by atoms with Crippen molar-refractivity contribution in [1.29, 1.82) is 0 Å². The van der Waals surface area contributed by atoms with Crippen molar-refractivity contribution in [3.63, 3.8) is 0 Å². The molecule has 0 radical (unpaired) electrons. The minimum Gasteiger partial charge on any atom is -0.493 e. The van der Waals surface area contributed by atoms with Crippen LogP contribution >= 0.6 is 0 Å². The van der Waals surface area contributed by atoms with Crippen LogP contribution in [0, 0.1) is 6.92 Å². The van der Waals surface area contributed by atoms with Crippen LogP contribution in [0.1, 0.15) is 11.4 Å². The number of nitrogen functional groups attached to an aromatic ring is 1. The molecule has 1 aromatic carbocycles. The van der Waals surface area contributed by atoms with Crippen LogP contribution in [-0.2, 0) is 6.42 Å². The first-order valence-electron chi connectivity index (χ1n) is 5.11. The molecule has 1 aromatic heterocycles. The van der Waals surface area contributed by atoms with E-state index in [9.17, 15) is 0 Å². The average Bonchev–Trinajstić information content (AvgIpc) is 2.67. The Hall–Kier alpha value is -2.04. The molecule has 3 N–H and O–H groups in total. The van der Waals surface area contributed by atoms with Gasteiger partial charge in [0.25, 0.3) is 0 Å². The highest BCUT2D eigenvalue weighted by Gasteiger charge is 2.01. The molecule has 2 rings (SSSR count). The summed E-state index contributed by atoms with van der Waals surface area (Å²) in [5, 5.41) is 6.49. The first kappa shape index (κ1) is 10.5. The quantitative estimate of drug-likeness (QED) is 0.811. The maximum Gasteiger partial charge on any atom is 0.239 e. The van der Waals surface area contributed by atoms with Gasteiger partial charge >= 0.3 is 0 Å². The number of rotatable bonds is 4. The summed E-state index contributed by atoms with van der Waals surface area (Å²) in [6.45, 7) is 2.57. The Morgan fingerprint density at radius 1 is 1.38 bits per heavy atom. The highest BCUT2D eigenvalue weighted by molar-refractivity contribution is 5.31. The molecule has 0 bridgehead atoms. The van der Waals surface area contributed by atoms with Gasteiger partial charge in [0, 0.05) is 6.42 Å². The van der Waals surface area contributed by atoms with Crippen LogP contribution < -0.4 is 10.5 Å². The molecule has 0 saturated carbocycles. The van der Waals surface area contributed by atoms with Crippen LogP contribution in [0.3, 0.4) is 0 Å². The van der Waals surface area contributed by atoms with E-state index in [0.29, 0.717) is 13.0 Å². The molecule has 84 valence electrons. The normalized spacial score (nSPS) is 10.3. The van der Waals surface area contributed by atoms with Crippen molar-refractivity contribution in [3.8, 4) is 5.75 Å².